The maximum absolute atomic E-state index is 14.0. The number of hydrogen-bond donors (Lipinski definition) is 1. The number of halogens is 2. The van der Waals surface area contributed by atoms with E-state index >= 15 is 0 Å². The van der Waals surface area contributed by atoms with E-state index in [2.05, 4.69) is 15.5 Å². The Bertz CT molecular complexity index is 1000. The van der Waals surface area contributed by atoms with Crippen LogP contribution in [0.3, 0.4) is 0 Å². The van der Waals surface area contributed by atoms with Gasteiger partial charge < -0.3 is 5.32 Å². The number of nitrogens with one attached hydrogen (secondary N) is 1. The lowest BCUT2D eigenvalue weighted by molar-refractivity contribution is 0.102. The highest BCUT2D eigenvalue weighted by molar-refractivity contribution is 6.04. The fraction of sp³-hybridized carbons (Fsp3) is 0.0588. The first-order valence-corrected chi connectivity index (χ1v) is 7.24. The molecule has 0 radical (unpaired) electrons. The van der Waals surface area contributed by atoms with Crippen LogP contribution in [-0.2, 0) is 0 Å². The summed E-state index contributed by atoms with van der Waals surface area (Å²) in [5.41, 5.74) is -0.860. The molecular weight excluding hydrogens is 330 g/mol. The number of anilines is 1. The third kappa shape index (κ3) is 3.27. The molecule has 2 heterocycles. The van der Waals surface area contributed by atoms with Crippen molar-refractivity contribution in [2.24, 2.45) is 0 Å². The lowest BCUT2D eigenvalue weighted by Gasteiger charge is -2.11. The number of aryl methyl sites for hydroxylation is 1. The third-order valence-electron chi connectivity index (χ3n) is 3.51. The zero-order chi connectivity index (χ0) is 18.0. The fourth-order valence-electron chi connectivity index (χ4n) is 2.31. The first-order valence-electron chi connectivity index (χ1n) is 7.24. The van der Waals surface area contributed by atoms with E-state index in [1.165, 1.54) is 24.5 Å². The van der Waals surface area contributed by atoms with Crippen LogP contribution in [0.4, 0.5) is 14.6 Å². The van der Waals surface area contributed by atoms with Gasteiger partial charge in [0.15, 0.2) is 5.82 Å². The van der Waals surface area contributed by atoms with Crippen LogP contribution in [0.5, 0.6) is 0 Å². The molecule has 0 saturated heterocycles. The number of carbonyl (C=O) groups excluding carboxylic acids is 1. The number of benzene rings is 1. The predicted octanol–water partition coefficient (Wildman–Crippen LogP) is 2.47. The van der Waals surface area contributed by atoms with Gasteiger partial charge in [-0.25, -0.2) is 8.78 Å². The molecule has 0 atom stereocenters. The summed E-state index contributed by atoms with van der Waals surface area (Å²) in [6.07, 6.45) is 2.72. The molecule has 0 fully saturated rings. The predicted molar refractivity (Wildman–Crippen MR) is 86.7 cm³/mol. The Balaban J connectivity index is 2.08. The van der Waals surface area contributed by atoms with Crippen molar-refractivity contribution in [3.63, 3.8) is 0 Å². The normalized spacial score (nSPS) is 10.5. The zero-order valence-corrected chi connectivity index (χ0v) is 13.0. The van der Waals surface area contributed by atoms with Crippen molar-refractivity contribution in [3.05, 3.63) is 81.9 Å². The summed E-state index contributed by atoms with van der Waals surface area (Å²) in [7, 11) is 0. The molecule has 0 unspecified atom stereocenters. The Morgan fingerprint density at radius 3 is 2.72 bits per heavy atom. The summed E-state index contributed by atoms with van der Waals surface area (Å²) in [4.78, 5) is 25.1. The van der Waals surface area contributed by atoms with E-state index in [1.807, 2.05) is 0 Å². The monoisotopic (exact) mass is 342 g/mol. The molecule has 1 N–H and O–H groups in total. The number of aromatic nitrogens is 3. The summed E-state index contributed by atoms with van der Waals surface area (Å²) in [5.74, 6) is -2.03. The van der Waals surface area contributed by atoms with Crippen LogP contribution in [0.15, 0.2) is 53.6 Å². The minimum absolute atomic E-state index is 0.165. The van der Waals surface area contributed by atoms with Crippen LogP contribution in [0.1, 0.15) is 15.9 Å². The fourth-order valence-corrected chi connectivity index (χ4v) is 2.31. The quantitative estimate of drug-likeness (QED) is 0.793. The highest BCUT2D eigenvalue weighted by Crippen LogP contribution is 2.15. The molecule has 0 aliphatic heterocycles. The van der Waals surface area contributed by atoms with E-state index in [9.17, 15) is 18.4 Å². The maximum atomic E-state index is 14.0. The molecule has 1 aromatic carbocycles. The lowest BCUT2D eigenvalue weighted by atomic mass is 10.1. The summed E-state index contributed by atoms with van der Waals surface area (Å²) in [6, 6.07) is 7.29. The van der Waals surface area contributed by atoms with Gasteiger partial charge in [0.2, 0.25) is 0 Å². The van der Waals surface area contributed by atoms with Crippen LogP contribution < -0.4 is 10.9 Å². The second-order valence-corrected chi connectivity index (χ2v) is 5.21. The lowest BCUT2D eigenvalue weighted by Crippen LogP contribution is -2.30. The SMILES string of the molecule is Cc1ccn(-c2cc(F)ccc2F)c(=O)c1C(=O)Nc1cccnn1. The molecule has 0 aliphatic carbocycles. The average molecular weight is 342 g/mol. The van der Waals surface area contributed by atoms with Gasteiger partial charge in [0.1, 0.15) is 17.2 Å². The van der Waals surface area contributed by atoms with E-state index in [0.717, 1.165) is 22.8 Å². The molecule has 0 saturated carbocycles. The van der Waals surface area contributed by atoms with E-state index in [4.69, 9.17) is 0 Å². The van der Waals surface area contributed by atoms with Gasteiger partial charge >= 0.3 is 0 Å². The van der Waals surface area contributed by atoms with Crippen LogP contribution in [0.2, 0.25) is 0 Å². The van der Waals surface area contributed by atoms with E-state index in [1.54, 1.807) is 13.0 Å². The Morgan fingerprint density at radius 1 is 1.20 bits per heavy atom. The molecule has 0 spiro atoms. The highest BCUT2D eigenvalue weighted by Gasteiger charge is 2.18. The third-order valence-corrected chi connectivity index (χ3v) is 3.51. The minimum Gasteiger partial charge on any atom is -0.305 e. The van der Waals surface area contributed by atoms with Gasteiger partial charge in [0.05, 0.1) is 5.69 Å². The summed E-state index contributed by atoms with van der Waals surface area (Å²) in [6.45, 7) is 1.57. The van der Waals surface area contributed by atoms with Gasteiger partial charge in [-0.2, -0.15) is 5.10 Å². The van der Waals surface area contributed by atoms with Gasteiger partial charge in [0.25, 0.3) is 11.5 Å². The van der Waals surface area contributed by atoms with E-state index < -0.39 is 23.1 Å². The Morgan fingerprint density at radius 2 is 2.00 bits per heavy atom. The van der Waals surface area contributed by atoms with Crippen molar-refractivity contribution in [2.75, 3.05) is 5.32 Å². The van der Waals surface area contributed by atoms with Crippen LogP contribution in [0.25, 0.3) is 5.69 Å². The maximum Gasteiger partial charge on any atom is 0.268 e. The molecule has 6 nitrogen and oxygen atoms in total. The average Bonchev–Trinajstić information content (AvgIpc) is 2.58. The number of nitrogens with zero attached hydrogens (tertiary/aromatic N) is 3. The Hall–Kier alpha value is -3.42. The van der Waals surface area contributed by atoms with Crippen molar-refractivity contribution in [3.8, 4) is 5.69 Å². The van der Waals surface area contributed by atoms with Crippen molar-refractivity contribution in [1.82, 2.24) is 14.8 Å². The van der Waals surface area contributed by atoms with Crippen molar-refractivity contribution >= 4 is 11.7 Å². The molecule has 0 bridgehead atoms. The molecule has 8 heteroatoms. The Labute approximate surface area is 140 Å². The Kier molecular flexibility index (Phi) is 4.34. The number of carbonyl (C=O) groups is 1. The van der Waals surface area contributed by atoms with E-state index in [0.29, 0.717) is 5.56 Å². The van der Waals surface area contributed by atoms with Crippen molar-refractivity contribution in [1.29, 1.82) is 0 Å². The molecular formula is C17H12F2N4O2. The molecule has 126 valence electrons. The van der Waals surface area contributed by atoms with Crippen molar-refractivity contribution in [2.45, 2.75) is 6.92 Å². The second-order valence-electron chi connectivity index (χ2n) is 5.21. The number of pyridine rings is 1. The molecule has 2 aromatic heterocycles. The van der Waals surface area contributed by atoms with Gasteiger partial charge in [0, 0.05) is 18.5 Å². The van der Waals surface area contributed by atoms with Gasteiger partial charge in [-0.05, 0) is 42.8 Å². The largest absolute Gasteiger partial charge is 0.305 e. The minimum atomic E-state index is -0.785. The highest BCUT2D eigenvalue weighted by atomic mass is 19.1. The first-order chi connectivity index (χ1) is 12.0. The summed E-state index contributed by atoms with van der Waals surface area (Å²) >= 11 is 0. The first kappa shape index (κ1) is 16.4. The van der Waals surface area contributed by atoms with Crippen LogP contribution in [0, 0.1) is 18.6 Å². The zero-order valence-electron chi connectivity index (χ0n) is 13.0. The topological polar surface area (TPSA) is 76.9 Å². The van der Waals surface area contributed by atoms with Crippen molar-refractivity contribution < 1.29 is 13.6 Å². The molecule has 1 amide bonds. The van der Waals surface area contributed by atoms with E-state index in [-0.39, 0.29) is 17.1 Å². The van der Waals surface area contributed by atoms with Crippen LogP contribution >= 0.6 is 0 Å². The second kappa shape index (κ2) is 6.60. The number of rotatable bonds is 3. The summed E-state index contributed by atoms with van der Waals surface area (Å²) in [5, 5.41) is 9.78. The number of amides is 1. The summed E-state index contributed by atoms with van der Waals surface area (Å²) < 4.78 is 28.3. The van der Waals surface area contributed by atoms with Gasteiger partial charge in [-0.3, -0.25) is 14.2 Å². The molecule has 3 aromatic rings. The van der Waals surface area contributed by atoms with Gasteiger partial charge in [-0.1, -0.05) is 0 Å². The van der Waals surface area contributed by atoms with Crippen LogP contribution in [-0.4, -0.2) is 20.7 Å². The molecule has 3 rings (SSSR count). The van der Waals surface area contributed by atoms with Gasteiger partial charge in [-0.15, -0.1) is 5.10 Å². The number of hydrogen-bond acceptors (Lipinski definition) is 4. The smallest absolute Gasteiger partial charge is 0.268 e. The molecule has 25 heavy (non-hydrogen) atoms. The standard InChI is InChI=1S/C17H12F2N4O2/c1-10-6-8-23(13-9-11(18)4-5-12(13)19)17(25)15(10)16(24)21-14-3-2-7-20-22-14/h2-9H,1H3,(H,21,22,24). The molecule has 0 aliphatic rings.